The van der Waals surface area contributed by atoms with Crippen LogP contribution in [0.15, 0.2) is 0 Å². The molecule has 0 atom stereocenters. The minimum absolute atomic E-state index is 0.207. The van der Waals surface area contributed by atoms with Crippen LogP contribution in [0, 0.1) is 0 Å². The number of nitrogens with zero attached hydrogens (tertiary/aromatic N) is 1. The summed E-state index contributed by atoms with van der Waals surface area (Å²) in [6, 6.07) is 0.387. The summed E-state index contributed by atoms with van der Waals surface area (Å²) in [4.78, 5) is 12.6. The number of rotatable bonds is 9. The number of aliphatic hydroxyl groups is 1. The number of carboxylic acid groups (broad SMARTS) is 1. The highest BCUT2D eigenvalue weighted by Gasteiger charge is 2.10. The van der Waals surface area contributed by atoms with Gasteiger partial charge in [0.05, 0.1) is 6.42 Å². The van der Waals surface area contributed by atoms with Crippen molar-refractivity contribution in [1.82, 2.24) is 4.90 Å². The molecule has 0 rings (SSSR count). The Labute approximate surface area is 91.9 Å². The van der Waals surface area contributed by atoms with Gasteiger partial charge in [0.2, 0.25) is 0 Å². The number of hydrogen-bond donors (Lipinski definition) is 2. The van der Waals surface area contributed by atoms with E-state index in [2.05, 4.69) is 18.7 Å². The van der Waals surface area contributed by atoms with E-state index in [1.54, 1.807) is 0 Å². The summed E-state index contributed by atoms with van der Waals surface area (Å²) < 4.78 is 0. The first-order chi connectivity index (χ1) is 7.07. The molecule has 0 spiro atoms. The van der Waals surface area contributed by atoms with E-state index in [-0.39, 0.29) is 13.0 Å². The highest BCUT2D eigenvalue weighted by atomic mass is 16.4. The molecule has 0 bridgehead atoms. The second kappa shape index (κ2) is 8.68. The molecule has 0 saturated heterocycles. The van der Waals surface area contributed by atoms with Crippen molar-refractivity contribution in [3.8, 4) is 0 Å². The number of unbranched alkanes of at least 4 members (excludes halogenated alkanes) is 2. The van der Waals surface area contributed by atoms with Gasteiger partial charge in [0.25, 0.3) is 0 Å². The molecule has 2 N–H and O–H groups in total. The summed E-state index contributed by atoms with van der Waals surface area (Å²) in [5.41, 5.74) is 0. The summed E-state index contributed by atoms with van der Waals surface area (Å²) in [7, 11) is 0. The first kappa shape index (κ1) is 14.4. The van der Waals surface area contributed by atoms with E-state index in [0.717, 1.165) is 25.8 Å². The molecule has 0 aromatic rings. The Hall–Kier alpha value is -0.610. The molecule has 0 unspecified atom stereocenters. The van der Waals surface area contributed by atoms with Gasteiger partial charge in [-0.15, -0.1) is 0 Å². The molecule has 4 nitrogen and oxygen atoms in total. The molecule has 0 aromatic heterocycles. The fourth-order valence-corrected chi connectivity index (χ4v) is 1.47. The van der Waals surface area contributed by atoms with Crippen LogP contribution in [0.5, 0.6) is 0 Å². The number of carboxylic acids is 1. The minimum atomic E-state index is -0.740. The Morgan fingerprint density at radius 1 is 1.20 bits per heavy atom. The maximum atomic E-state index is 10.4. The van der Waals surface area contributed by atoms with Crippen LogP contribution in [0.2, 0.25) is 0 Å². The van der Waals surface area contributed by atoms with E-state index in [1.165, 1.54) is 0 Å². The smallest absolute Gasteiger partial charge is 0.304 e. The number of aliphatic hydroxyl groups excluding tert-OH is 1. The van der Waals surface area contributed by atoms with Crippen LogP contribution in [-0.4, -0.2) is 46.8 Å². The molecular weight excluding hydrogens is 194 g/mol. The van der Waals surface area contributed by atoms with Crippen LogP contribution in [0.1, 0.15) is 39.5 Å². The molecule has 0 aliphatic rings. The van der Waals surface area contributed by atoms with Crippen LogP contribution in [0.3, 0.4) is 0 Å². The van der Waals surface area contributed by atoms with Gasteiger partial charge < -0.3 is 15.1 Å². The standard InChI is InChI=1S/C11H23NO3/c1-10(2)12(8-6-11(14)15)7-4-3-5-9-13/h10,13H,3-9H2,1-2H3,(H,14,15). The molecule has 0 radical (unpaired) electrons. The van der Waals surface area contributed by atoms with Crippen LogP contribution in [-0.2, 0) is 4.79 Å². The Balaban J connectivity index is 3.68. The van der Waals surface area contributed by atoms with Gasteiger partial charge in [0.1, 0.15) is 0 Å². The lowest BCUT2D eigenvalue weighted by Crippen LogP contribution is -2.33. The van der Waals surface area contributed by atoms with Crippen LogP contribution < -0.4 is 0 Å². The molecule has 0 saturated carbocycles. The van der Waals surface area contributed by atoms with Crippen molar-refractivity contribution < 1.29 is 15.0 Å². The van der Waals surface area contributed by atoms with Crippen LogP contribution in [0.25, 0.3) is 0 Å². The van der Waals surface area contributed by atoms with Crippen molar-refractivity contribution in [3.05, 3.63) is 0 Å². The second-order valence-corrected chi connectivity index (χ2v) is 4.06. The molecule has 0 amide bonds. The van der Waals surface area contributed by atoms with Gasteiger partial charge >= 0.3 is 5.97 Å². The van der Waals surface area contributed by atoms with Gasteiger partial charge in [-0.05, 0) is 39.7 Å². The zero-order valence-corrected chi connectivity index (χ0v) is 9.78. The van der Waals surface area contributed by atoms with E-state index in [1.807, 2.05) is 0 Å². The third-order valence-corrected chi connectivity index (χ3v) is 2.45. The third kappa shape index (κ3) is 8.39. The quantitative estimate of drug-likeness (QED) is 0.572. The molecule has 0 aromatic carbocycles. The molecular formula is C11H23NO3. The fourth-order valence-electron chi connectivity index (χ4n) is 1.47. The lowest BCUT2D eigenvalue weighted by Gasteiger charge is -2.25. The zero-order chi connectivity index (χ0) is 11.7. The normalized spacial score (nSPS) is 11.3. The maximum absolute atomic E-state index is 10.4. The van der Waals surface area contributed by atoms with Gasteiger partial charge in [0, 0.05) is 19.2 Å². The average Bonchev–Trinajstić information content (AvgIpc) is 2.15. The van der Waals surface area contributed by atoms with Gasteiger partial charge in [0.15, 0.2) is 0 Å². The van der Waals surface area contributed by atoms with Gasteiger partial charge in [-0.2, -0.15) is 0 Å². The average molecular weight is 217 g/mol. The van der Waals surface area contributed by atoms with E-state index < -0.39 is 5.97 Å². The van der Waals surface area contributed by atoms with E-state index in [4.69, 9.17) is 10.2 Å². The predicted molar refractivity (Wildman–Crippen MR) is 59.9 cm³/mol. The first-order valence-corrected chi connectivity index (χ1v) is 5.64. The van der Waals surface area contributed by atoms with Crippen molar-refractivity contribution in [1.29, 1.82) is 0 Å². The molecule has 15 heavy (non-hydrogen) atoms. The van der Waals surface area contributed by atoms with Crippen molar-refractivity contribution in [2.75, 3.05) is 19.7 Å². The van der Waals surface area contributed by atoms with E-state index >= 15 is 0 Å². The Morgan fingerprint density at radius 3 is 2.33 bits per heavy atom. The largest absolute Gasteiger partial charge is 0.481 e. The Bertz CT molecular complexity index is 171. The first-order valence-electron chi connectivity index (χ1n) is 5.64. The molecule has 90 valence electrons. The molecule has 0 aliphatic carbocycles. The Kier molecular flexibility index (Phi) is 8.33. The molecule has 4 heteroatoms. The van der Waals surface area contributed by atoms with Crippen molar-refractivity contribution in [2.24, 2.45) is 0 Å². The minimum Gasteiger partial charge on any atom is -0.481 e. The third-order valence-electron chi connectivity index (χ3n) is 2.45. The SMILES string of the molecule is CC(C)N(CCCCCO)CCC(=O)O. The van der Waals surface area contributed by atoms with Crippen molar-refractivity contribution >= 4 is 5.97 Å². The predicted octanol–water partition coefficient (Wildman–Crippen LogP) is 1.33. The van der Waals surface area contributed by atoms with Crippen molar-refractivity contribution in [2.45, 2.75) is 45.6 Å². The summed E-state index contributed by atoms with van der Waals surface area (Å²) in [5.74, 6) is -0.740. The molecule has 0 heterocycles. The molecule has 0 fully saturated rings. The van der Waals surface area contributed by atoms with Crippen molar-refractivity contribution in [3.63, 3.8) is 0 Å². The highest BCUT2D eigenvalue weighted by Crippen LogP contribution is 2.04. The summed E-state index contributed by atoms with van der Waals surface area (Å²) in [5, 5.41) is 17.2. The number of hydrogen-bond acceptors (Lipinski definition) is 3. The van der Waals surface area contributed by atoms with Crippen LogP contribution >= 0.6 is 0 Å². The zero-order valence-electron chi connectivity index (χ0n) is 9.78. The topological polar surface area (TPSA) is 60.8 Å². The van der Waals surface area contributed by atoms with Gasteiger partial charge in [-0.3, -0.25) is 4.79 Å². The summed E-state index contributed by atoms with van der Waals surface area (Å²) in [6.07, 6.45) is 3.08. The lowest BCUT2D eigenvalue weighted by atomic mass is 10.2. The second-order valence-electron chi connectivity index (χ2n) is 4.06. The fraction of sp³-hybridized carbons (Fsp3) is 0.909. The van der Waals surface area contributed by atoms with E-state index in [0.29, 0.717) is 12.6 Å². The van der Waals surface area contributed by atoms with Crippen LogP contribution in [0.4, 0.5) is 0 Å². The highest BCUT2D eigenvalue weighted by molar-refractivity contribution is 5.66. The van der Waals surface area contributed by atoms with Gasteiger partial charge in [-0.1, -0.05) is 0 Å². The lowest BCUT2D eigenvalue weighted by molar-refractivity contribution is -0.137. The van der Waals surface area contributed by atoms with E-state index in [9.17, 15) is 4.79 Å². The maximum Gasteiger partial charge on any atom is 0.304 e. The van der Waals surface area contributed by atoms with Gasteiger partial charge in [-0.25, -0.2) is 0 Å². The summed E-state index contributed by atoms with van der Waals surface area (Å²) in [6.45, 7) is 5.94. The number of carbonyl (C=O) groups is 1. The summed E-state index contributed by atoms with van der Waals surface area (Å²) >= 11 is 0. The molecule has 0 aliphatic heterocycles. The monoisotopic (exact) mass is 217 g/mol. The Morgan fingerprint density at radius 2 is 1.87 bits per heavy atom. The number of aliphatic carboxylic acids is 1.